The number of guanidine groups is 1. The molecule has 0 radical (unpaired) electrons. The van der Waals surface area contributed by atoms with Gasteiger partial charge >= 0.3 is 0 Å². The van der Waals surface area contributed by atoms with E-state index in [0.29, 0.717) is 18.7 Å². The van der Waals surface area contributed by atoms with Gasteiger partial charge in [-0.3, -0.25) is 4.79 Å². The Bertz CT molecular complexity index is 728. The summed E-state index contributed by atoms with van der Waals surface area (Å²) in [6.45, 7) is 6.70. The first-order valence-electron chi connectivity index (χ1n) is 9.04. The number of hydrogen-bond donors (Lipinski definition) is 2. The van der Waals surface area contributed by atoms with Gasteiger partial charge in [-0.05, 0) is 37.1 Å². The lowest BCUT2D eigenvalue weighted by Gasteiger charge is -2.22. The van der Waals surface area contributed by atoms with E-state index in [2.05, 4.69) is 34.6 Å². The van der Waals surface area contributed by atoms with E-state index in [1.54, 1.807) is 0 Å². The Morgan fingerprint density at radius 3 is 2.35 bits per heavy atom. The fourth-order valence-corrected chi connectivity index (χ4v) is 2.64. The van der Waals surface area contributed by atoms with Crippen molar-refractivity contribution < 1.29 is 4.79 Å². The molecule has 0 fully saturated rings. The number of carbonyl (C=O) groups excluding carboxylic acids is 1. The molecule has 26 heavy (non-hydrogen) atoms. The van der Waals surface area contributed by atoms with Crippen LogP contribution < -0.4 is 10.6 Å². The molecule has 0 atom stereocenters. The number of nitrogens with one attached hydrogen (secondary N) is 2. The summed E-state index contributed by atoms with van der Waals surface area (Å²) < 4.78 is 0. The Hall–Kier alpha value is -2.82. The molecule has 0 aliphatic carbocycles. The predicted molar refractivity (Wildman–Crippen MR) is 107 cm³/mol. The Kier molecular flexibility index (Phi) is 7.68. The first-order valence-corrected chi connectivity index (χ1v) is 9.04. The van der Waals surface area contributed by atoms with Gasteiger partial charge in [0.1, 0.15) is 0 Å². The van der Waals surface area contributed by atoms with Crippen LogP contribution in [0, 0.1) is 0 Å². The van der Waals surface area contributed by atoms with Crippen molar-refractivity contribution in [1.82, 2.24) is 15.5 Å². The largest absolute Gasteiger partial charge is 0.357 e. The maximum absolute atomic E-state index is 12.0. The lowest BCUT2D eigenvalue weighted by Crippen LogP contribution is -2.38. The molecule has 0 unspecified atom stereocenters. The van der Waals surface area contributed by atoms with Gasteiger partial charge in [0, 0.05) is 32.2 Å². The van der Waals surface area contributed by atoms with Gasteiger partial charge in [-0.25, -0.2) is 4.99 Å². The molecule has 138 valence electrons. The smallest absolute Gasteiger partial charge is 0.251 e. The first-order chi connectivity index (χ1) is 12.6. The second kappa shape index (κ2) is 10.2. The van der Waals surface area contributed by atoms with E-state index in [9.17, 15) is 4.79 Å². The third-order valence-electron chi connectivity index (χ3n) is 3.90. The van der Waals surface area contributed by atoms with Crippen LogP contribution in [-0.2, 0) is 13.1 Å². The van der Waals surface area contributed by atoms with E-state index >= 15 is 0 Å². The summed E-state index contributed by atoms with van der Waals surface area (Å²) >= 11 is 0. The summed E-state index contributed by atoms with van der Waals surface area (Å²) in [5.41, 5.74) is 2.92. The van der Waals surface area contributed by atoms with Crippen molar-refractivity contribution in [2.45, 2.75) is 26.9 Å². The van der Waals surface area contributed by atoms with Crippen LogP contribution in [0.15, 0.2) is 59.6 Å². The Morgan fingerprint density at radius 1 is 0.962 bits per heavy atom. The maximum Gasteiger partial charge on any atom is 0.251 e. The molecule has 2 rings (SSSR count). The first kappa shape index (κ1) is 19.5. The highest BCUT2D eigenvalue weighted by atomic mass is 16.1. The van der Waals surface area contributed by atoms with E-state index in [-0.39, 0.29) is 5.91 Å². The quantitative estimate of drug-likeness (QED) is 0.595. The zero-order valence-corrected chi connectivity index (χ0v) is 15.8. The van der Waals surface area contributed by atoms with Crippen molar-refractivity contribution in [2.24, 2.45) is 4.99 Å². The molecule has 1 amide bonds. The molecule has 0 saturated carbocycles. The number of aliphatic imine (C=N–C) groups is 1. The average Bonchev–Trinajstić information content (AvgIpc) is 2.66. The lowest BCUT2D eigenvalue weighted by atomic mass is 10.1. The molecule has 2 aromatic carbocycles. The summed E-state index contributed by atoms with van der Waals surface area (Å²) in [6.07, 6.45) is 0. The fourth-order valence-electron chi connectivity index (χ4n) is 2.64. The highest BCUT2D eigenvalue weighted by Gasteiger charge is 2.08. The van der Waals surface area contributed by atoms with Gasteiger partial charge < -0.3 is 15.5 Å². The number of benzene rings is 2. The van der Waals surface area contributed by atoms with E-state index in [0.717, 1.165) is 24.6 Å². The standard InChI is InChI=1S/C21H28N4O/c1-4-22-20(26)19-13-9-12-18(14-19)15-24-21(23-5-2)25(3)16-17-10-7-6-8-11-17/h6-14H,4-5,15-16H2,1-3H3,(H,22,26)(H,23,24). The second-order valence-corrected chi connectivity index (χ2v) is 6.07. The molecular formula is C21H28N4O. The van der Waals surface area contributed by atoms with E-state index < -0.39 is 0 Å². The zero-order valence-electron chi connectivity index (χ0n) is 15.8. The van der Waals surface area contributed by atoms with Gasteiger partial charge in [-0.2, -0.15) is 0 Å². The average molecular weight is 352 g/mol. The summed E-state index contributed by atoms with van der Waals surface area (Å²) in [5.74, 6) is 0.797. The number of carbonyl (C=O) groups is 1. The van der Waals surface area contributed by atoms with Gasteiger partial charge in [0.05, 0.1) is 6.54 Å². The van der Waals surface area contributed by atoms with E-state index in [1.165, 1.54) is 5.56 Å². The number of amides is 1. The van der Waals surface area contributed by atoms with Crippen LogP contribution in [0.2, 0.25) is 0 Å². The molecule has 0 aromatic heterocycles. The fraction of sp³-hybridized carbons (Fsp3) is 0.333. The molecule has 5 nitrogen and oxygen atoms in total. The van der Waals surface area contributed by atoms with Crippen LogP contribution >= 0.6 is 0 Å². The van der Waals surface area contributed by atoms with Crippen molar-refractivity contribution >= 4 is 11.9 Å². The zero-order chi connectivity index (χ0) is 18.8. The molecule has 0 saturated heterocycles. The van der Waals surface area contributed by atoms with Crippen LogP contribution in [0.3, 0.4) is 0 Å². The Morgan fingerprint density at radius 2 is 1.65 bits per heavy atom. The van der Waals surface area contributed by atoms with Crippen molar-refractivity contribution in [3.8, 4) is 0 Å². The van der Waals surface area contributed by atoms with Crippen molar-refractivity contribution in [2.75, 3.05) is 20.1 Å². The molecule has 5 heteroatoms. The number of hydrogen-bond acceptors (Lipinski definition) is 2. The van der Waals surface area contributed by atoms with Gasteiger partial charge in [0.2, 0.25) is 0 Å². The lowest BCUT2D eigenvalue weighted by molar-refractivity contribution is 0.0955. The second-order valence-electron chi connectivity index (χ2n) is 6.07. The maximum atomic E-state index is 12.0. The van der Waals surface area contributed by atoms with Gasteiger partial charge in [-0.1, -0.05) is 42.5 Å². The van der Waals surface area contributed by atoms with Crippen molar-refractivity contribution in [3.05, 3.63) is 71.3 Å². The number of nitrogens with zero attached hydrogens (tertiary/aromatic N) is 2. The normalized spacial score (nSPS) is 11.1. The van der Waals surface area contributed by atoms with Crippen LogP contribution in [0.1, 0.15) is 35.3 Å². The molecule has 0 heterocycles. The minimum Gasteiger partial charge on any atom is -0.357 e. The third-order valence-corrected chi connectivity index (χ3v) is 3.90. The molecule has 0 aliphatic rings. The summed E-state index contributed by atoms with van der Waals surface area (Å²) in [5, 5.41) is 6.15. The molecule has 0 bridgehead atoms. The topological polar surface area (TPSA) is 56.7 Å². The predicted octanol–water partition coefficient (Wildman–Crippen LogP) is 3.03. The summed E-state index contributed by atoms with van der Waals surface area (Å²) in [6, 6.07) is 17.9. The molecule has 2 N–H and O–H groups in total. The minimum absolute atomic E-state index is 0.0496. The van der Waals surface area contributed by atoms with Crippen LogP contribution in [0.5, 0.6) is 0 Å². The molecule has 0 aliphatic heterocycles. The van der Waals surface area contributed by atoms with Crippen LogP contribution in [0.4, 0.5) is 0 Å². The van der Waals surface area contributed by atoms with E-state index in [1.807, 2.05) is 56.4 Å². The highest BCUT2D eigenvalue weighted by molar-refractivity contribution is 5.94. The Labute approximate surface area is 156 Å². The Balaban J connectivity index is 2.08. The van der Waals surface area contributed by atoms with Crippen LogP contribution in [-0.4, -0.2) is 36.9 Å². The van der Waals surface area contributed by atoms with Gasteiger partial charge in [0.15, 0.2) is 5.96 Å². The molecule has 2 aromatic rings. The minimum atomic E-state index is -0.0496. The van der Waals surface area contributed by atoms with E-state index in [4.69, 9.17) is 4.99 Å². The van der Waals surface area contributed by atoms with Crippen molar-refractivity contribution in [1.29, 1.82) is 0 Å². The van der Waals surface area contributed by atoms with Gasteiger partial charge in [0.25, 0.3) is 5.91 Å². The molecule has 0 spiro atoms. The van der Waals surface area contributed by atoms with Crippen LogP contribution in [0.25, 0.3) is 0 Å². The molecular weight excluding hydrogens is 324 g/mol. The number of rotatable bonds is 7. The third kappa shape index (κ3) is 5.92. The SMILES string of the molecule is CCNC(=O)c1cccc(CN=C(NCC)N(C)Cc2ccccc2)c1. The monoisotopic (exact) mass is 352 g/mol. The summed E-state index contributed by atoms with van der Waals surface area (Å²) in [4.78, 5) is 18.8. The van der Waals surface area contributed by atoms with Crippen molar-refractivity contribution in [3.63, 3.8) is 0 Å². The highest BCUT2D eigenvalue weighted by Crippen LogP contribution is 2.08. The summed E-state index contributed by atoms with van der Waals surface area (Å²) in [7, 11) is 2.03. The van der Waals surface area contributed by atoms with Gasteiger partial charge in [-0.15, -0.1) is 0 Å².